The van der Waals surface area contributed by atoms with Gasteiger partial charge in [-0.05, 0) is 37.3 Å². The fraction of sp³-hybridized carbons (Fsp3) is 0.467. The summed E-state index contributed by atoms with van der Waals surface area (Å²) in [6, 6.07) is 7.86. The van der Waals surface area contributed by atoms with Gasteiger partial charge in [0.15, 0.2) is 0 Å². The van der Waals surface area contributed by atoms with Gasteiger partial charge in [-0.3, -0.25) is 4.79 Å². The normalized spacial score (nSPS) is 20.4. The molecule has 0 spiro atoms. The molecular weight excluding hydrogens is 242 g/mol. The number of hydrogen-bond donors (Lipinski definition) is 2. The molecule has 4 heteroatoms. The van der Waals surface area contributed by atoms with E-state index in [1.165, 1.54) is 5.56 Å². The zero-order chi connectivity index (χ0) is 14.0. The number of aliphatic carboxylic acids is 1. The highest BCUT2D eigenvalue weighted by Crippen LogP contribution is 2.33. The highest BCUT2D eigenvalue weighted by Gasteiger charge is 2.37. The Balaban J connectivity index is 2.17. The lowest BCUT2D eigenvalue weighted by Crippen LogP contribution is -2.52. The third-order valence-corrected chi connectivity index (χ3v) is 4.03. The number of nitrogens with one attached hydrogen (secondary N) is 1. The lowest BCUT2D eigenvalue weighted by Gasteiger charge is -2.26. The number of fused-ring (bicyclic) bond motifs is 1. The van der Waals surface area contributed by atoms with E-state index in [1.54, 1.807) is 13.8 Å². The van der Waals surface area contributed by atoms with Crippen LogP contribution in [0.1, 0.15) is 43.7 Å². The Morgan fingerprint density at radius 3 is 2.74 bits per heavy atom. The quantitative estimate of drug-likeness (QED) is 0.872. The minimum absolute atomic E-state index is 0.184. The average molecular weight is 261 g/mol. The molecule has 1 aliphatic carbocycles. The number of amides is 1. The van der Waals surface area contributed by atoms with Crippen molar-refractivity contribution in [3.63, 3.8) is 0 Å². The standard InChI is InChI=1S/C15H19NO3/c1-3-15(2,14(18)19)16-13(17)12-9-8-10-6-4-5-7-11(10)12/h4-7,12H,3,8-9H2,1-2H3,(H,16,17)(H,18,19). The molecule has 2 atom stereocenters. The maximum absolute atomic E-state index is 12.3. The molecule has 0 aliphatic heterocycles. The van der Waals surface area contributed by atoms with Crippen LogP contribution in [0.15, 0.2) is 24.3 Å². The van der Waals surface area contributed by atoms with Gasteiger partial charge in [-0.25, -0.2) is 4.79 Å². The molecule has 1 amide bonds. The van der Waals surface area contributed by atoms with E-state index < -0.39 is 11.5 Å². The van der Waals surface area contributed by atoms with E-state index in [2.05, 4.69) is 5.32 Å². The molecule has 0 saturated carbocycles. The molecule has 4 nitrogen and oxygen atoms in total. The number of carboxylic acid groups (broad SMARTS) is 1. The first-order valence-electron chi connectivity index (χ1n) is 6.61. The topological polar surface area (TPSA) is 66.4 Å². The molecule has 1 aromatic carbocycles. The van der Waals surface area contributed by atoms with Gasteiger partial charge in [-0.15, -0.1) is 0 Å². The van der Waals surface area contributed by atoms with Crippen molar-refractivity contribution < 1.29 is 14.7 Å². The van der Waals surface area contributed by atoms with E-state index >= 15 is 0 Å². The molecule has 2 rings (SSSR count). The summed E-state index contributed by atoms with van der Waals surface area (Å²) in [4.78, 5) is 23.5. The summed E-state index contributed by atoms with van der Waals surface area (Å²) < 4.78 is 0. The van der Waals surface area contributed by atoms with E-state index in [0.29, 0.717) is 6.42 Å². The summed E-state index contributed by atoms with van der Waals surface area (Å²) in [5.74, 6) is -1.40. The van der Waals surface area contributed by atoms with Crippen LogP contribution in [0.4, 0.5) is 0 Å². The van der Waals surface area contributed by atoms with E-state index in [9.17, 15) is 14.7 Å². The molecule has 1 aliphatic rings. The van der Waals surface area contributed by atoms with Crippen molar-refractivity contribution in [2.45, 2.75) is 44.6 Å². The zero-order valence-electron chi connectivity index (χ0n) is 11.3. The largest absolute Gasteiger partial charge is 0.480 e. The van der Waals surface area contributed by atoms with E-state index in [4.69, 9.17) is 0 Å². The fourth-order valence-corrected chi connectivity index (χ4v) is 2.48. The van der Waals surface area contributed by atoms with Crippen LogP contribution in [0.5, 0.6) is 0 Å². The summed E-state index contributed by atoms with van der Waals surface area (Å²) in [5, 5.41) is 11.9. The number of benzene rings is 1. The van der Waals surface area contributed by atoms with Crippen LogP contribution >= 0.6 is 0 Å². The van der Waals surface area contributed by atoms with Crippen molar-refractivity contribution in [2.24, 2.45) is 0 Å². The van der Waals surface area contributed by atoms with Gasteiger partial charge < -0.3 is 10.4 Å². The molecule has 0 aromatic heterocycles. The Hall–Kier alpha value is -1.84. The van der Waals surface area contributed by atoms with Crippen LogP contribution in [0.3, 0.4) is 0 Å². The summed E-state index contributed by atoms with van der Waals surface area (Å²) in [5.41, 5.74) is 1.04. The minimum atomic E-state index is -1.19. The Kier molecular flexibility index (Phi) is 3.60. The van der Waals surface area contributed by atoms with Crippen LogP contribution in [0.25, 0.3) is 0 Å². The summed E-state index contributed by atoms with van der Waals surface area (Å²) in [7, 11) is 0. The average Bonchev–Trinajstić information content (AvgIpc) is 2.82. The maximum Gasteiger partial charge on any atom is 0.329 e. The second-order valence-corrected chi connectivity index (χ2v) is 5.27. The summed E-state index contributed by atoms with van der Waals surface area (Å²) in [6.07, 6.45) is 2.00. The molecule has 19 heavy (non-hydrogen) atoms. The number of carbonyl (C=O) groups excluding carboxylic acids is 1. The van der Waals surface area contributed by atoms with Crippen LogP contribution in [0.2, 0.25) is 0 Å². The second-order valence-electron chi connectivity index (χ2n) is 5.27. The molecule has 102 valence electrons. The molecule has 0 heterocycles. The zero-order valence-corrected chi connectivity index (χ0v) is 11.3. The number of aryl methyl sites for hydroxylation is 1. The number of carboxylic acids is 1. The van der Waals surface area contributed by atoms with Crippen molar-refractivity contribution in [3.8, 4) is 0 Å². The van der Waals surface area contributed by atoms with Crippen molar-refractivity contribution in [2.75, 3.05) is 0 Å². The van der Waals surface area contributed by atoms with Crippen molar-refractivity contribution in [3.05, 3.63) is 35.4 Å². The number of rotatable bonds is 4. The van der Waals surface area contributed by atoms with Crippen molar-refractivity contribution in [1.29, 1.82) is 0 Å². The third-order valence-electron chi connectivity index (χ3n) is 4.03. The molecular formula is C15H19NO3. The predicted molar refractivity (Wildman–Crippen MR) is 72.0 cm³/mol. The molecule has 0 saturated heterocycles. The SMILES string of the molecule is CCC(C)(NC(=O)C1CCc2ccccc21)C(=O)O. The fourth-order valence-electron chi connectivity index (χ4n) is 2.48. The Bertz CT molecular complexity index is 512. The molecule has 1 aromatic rings. The summed E-state index contributed by atoms with van der Waals surface area (Å²) >= 11 is 0. The second kappa shape index (κ2) is 5.03. The Labute approximate surface area is 112 Å². The first-order chi connectivity index (χ1) is 8.98. The summed E-state index contributed by atoms with van der Waals surface area (Å²) in [6.45, 7) is 3.31. The minimum Gasteiger partial charge on any atom is -0.480 e. The van der Waals surface area contributed by atoms with Gasteiger partial charge in [0.2, 0.25) is 5.91 Å². The monoisotopic (exact) mass is 261 g/mol. The van der Waals surface area contributed by atoms with Gasteiger partial charge in [0.25, 0.3) is 0 Å². The highest BCUT2D eigenvalue weighted by molar-refractivity contribution is 5.90. The number of carbonyl (C=O) groups is 2. The van der Waals surface area contributed by atoms with Gasteiger partial charge >= 0.3 is 5.97 Å². The third kappa shape index (κ3) is 2.48. The smallest absolute Gasteiger partial charge is 0.329 e. The van der Waals surface area contributed by atoms with Gasteiger partial charge in [0, 0.05) is 0 Å². The van der Waals surface area contributed by atoms with Gasteiger partial charge in [0.1, 0.15) is 5.54 Å². The molecule has 0 fully saturated rings. The van der Waals surface area contributed by atoms with Crippen molar-refractivity contribution in [1.82, 2.24) is 5.32 Å². The van der Waals surface area contributed by atoms with E-state index in [1.807, 2.05) is 24.3 Å². The lowest BCUT2D eigenvalue weighted by molar-refractivity contribution is -0.147. The highest BCUT2D eigenvalue weighted by atomic mass is 16.4. The Morgan fingerprint density at radius 1 is 1.42 bits per heavy atom. The molecule has 0 radical (unpaired) electrons. The molecule has 2 unspecified atom stereocenters. The van der Waals surface area contributed by atoms with Gasteiger partial charge in [0.05, 0.1) is 5.92 Å². The van der Waals surface area contributed by atoms with E-state index in [-0.39, 0.29) is 11.8 Å². The first kappa shape index (κ1) is 13.6. The van der Waals surface area contributed by atoms with Crippen LogP contribution in [-0.2, 0) is 16.0 Å². The lowest BCUT2D eigenvalue weighted by atomic mass is 9.95. The molecule has 0 bridgehead atoms. The molecule has 2 N–H and O–H groups in total. The Morgan fingerprint density at radius 2 is 2.11 bits per heavy atom. The number of hydrogen-bond acceptors (Lipinski definition) is 2. The van der Waals surface area contributed by atoms with Crippen molar-refractivity contribution >= 4 is 11.9 Å². The van der Waals surface area contributed by atoms with E-state index in [0.717, 1.165) is 18.4 Å². The first-order valence-corrected chi connectivity index (χ1v) is 6.61. The van der Waals surface area contributed by atoms with Crippen LogP contribution < -0.4 is 5.32 Å². The van der Waals surface area contributed by atoms with Gasteiger partial charge in [-0.2, -0.15) is 0 Å². The maximum atomic E-state index is 12.3. The predicted octanol–water partition coefficient (Wildman–Crippen LogP) is 2.09. The van der Waals surface area contributed by atoms with Crippen LogP contribution in [0, 0.1) is 0 Å². The van der Waals surface area contributed by atoms with Gasteiger partial charge in [-0.1, -0.05) is 31.2 Å². The van der Waals surface area contributed by atoms with Crippen LogP contribution in [-0.4, -0.2) is 22.5 Å².